The van der Waals surface area contributed by atoms with Crippen LogP contribution in [-0.2, 0) is 5.41 Å². The Bertz CT molecular complexity index is 1150. The Labute approximate surface area is 242 Å². The summed E-state index contributed by atoms with van der Waals surface area (Å²) >= 11 is 0. The standard InChI is InChI=1S/C36H53NO3/c1-6-8-23(2)29-16-20-37-34(29)36(18-19-36)33(40)15-10-24(3)30-13-14-31-26(9-7-17-35(30,31)5)11-12-27-21-28(38)22-32(39)25(27)4/h10-12,15-16,20,23-24,28,30-33,37-40H,4,6-9,13-14,17-19,21-22H2,1-3,5H3/t23?,24-,28-,30-,31+,32+,33+,35-/m1/s1. The van der Waals surface area contributed by atoms with Gasteiger partial charge in [-0.1, -0.05) is 70.6 Å². The van der Waals surface area contributed by atoms with Crippen LogP contribution in [-0.4, -0.2) is 38.6 Å². The predicted molar refractivity (Wildman–Crippen MR) is 164 cm³/mol. The van der Waals surface area contributed by atoms with Crippen LogP contribution in [0.5, 0.6) is 0 Å². The molecular formula is C36H53NO3. The number of rotatable bonds is 9. The highest BCUT2D eigenvalue weighted by Crippen LogP contribution is 2.60. The van der Waals surface area contributed by atoms with E-state index in [1.807, 2.05) is 0 Å². The first-order valence-corrected chi connectivity index (χ1v) is 16.1. The van der Waals surface area contributed by atoms with Crippen molar-refractivity contribution in [2.75, 3.05) is 0 Å². The first-order chi connectivity index (χ1) is 19.1. The summed E-state index contributed by atoms with van der Waals surface area (Å²) in [4.78, 5) is 3.52. The van der Waals surface area contributed by atoms with Gasteiger partial charge in [-0.25, -0.2) is 0 Å². The van der Waals surface area contributed by atoms with Crippen LogP contribution < -0.4 is 0 Å². The molecule has 1 heterocycles. The number of aliphatic hydroxyl groups is 3. The summed E-state index contributed by atoms with van der Waals surface area (Å²) in [5.74, 6) is 2.12. The predicted octanol–water partition coefficient (Wildman–Crippen LogP) is 7.64. The van der Waals surface area contributed by atoms with Crippen molar-refractivity contribution < 1.29 is 15.3 Å². The van der Waals surface area contributed by atoms with Crippen molar-refractivity contribution in [2.45, 2.75) is 128 Å². The molecule has 4 aliphatic rings. The molecule has 0 radical (unpaired) electrons. The van der Waals surface area contributed by atoms with E-state index in [2.05, 4.69) is 75.8 Å². The van der Waals surface area contributed by atoms with E-state index in [0.29, 0.717) is 36.5 Å². The molecule has 1 unspecified atom stereocenters. The summed E-state index contributed by atoms with van der Waals surface area (Å²) in [5, 5.41) is 31.9. The Hall–Kier alpha value is -1.88. The minimum atomic E-state index is -0.637. The zero-order chi connectivity index (χ0) is 28.7. The van der Waals surface area contributed by atoms with Gasteiger partial charge in [0.15, 0.2) is 0 Å². The second-order valence-corrected chi connectivity index (χ2v) is 14.0. The van der Waals surface area contributed by atoms with Gasteiger partial charge in [-0.05, 0) is 110 Å². The van der Waals surface area contributed by atoms with Gasteiger partial charge in [0.1, 0.15) is 0 Å². The average Bonchev–Trinajstić information content (AvgIpc) is 3.42. The fourth-order valence-corrected chi connectivity index (χ4v) is 8.85. The maximum Gasteiger partial charge on any atom is 0.0832 e. The number of aromatic amines is 1. The van der Waals surface area contributed by atoms with Crippen molar-refractivity contribution in [3.8, 4) is 0 Å². The van der Waals surface area contributed by atoms with E-state index in [-0.39, 0.29) is 10.8 Å². The van der Waals surface area contributed by atoms with Crippen LogP contribution in [0.3, 0.4) is 0 Å². The van der Waals surface area contributed by atoms with Gasteiger partial charge in [-0.2, -0.15) is 0 Å². The molecule has 40 heavy (non-hydrogen) atoms. The van der Waals surface area contributed by atoms with Crippen molar-refractivity contribution in [3.05, 3.63) is 71.1 Å². The van der Waals surface area contributed by atoms with Gasteiger partial charge < -0.3 is 20.3 Å². The zero-order valence-corrected chi connectivity index (χ0v) is 25.3. The average molecular weight is 548 g/mol. The van der Waals surface area contributed by atoms with Gasteiger partial charge in [0.2, 0.25) is 0 Å². The topological polar surface area (TPSA) is 76.5 Å². The van der Waals surface area contributed by atoms with E-state index < -0.39 is 18.3 Å². The van der Waals surface area contributed by atoms with Gasteiger partial charge >= 0.3 is 0 Å². The van der Waals surface area contributed by atoms with Gasteiger partial charge in [0.05, 0.1) is 18.3 Å². The number of fused-ring (bicyclic) bond motifs is 1. The molecule has 4 aliphatic carbocycles. The molecule has 0 bridgehead atoms. The van der Waals surface area contributed by atoms with E-state index in [1.165, 1.54) is 55.4 Å². The van der Waals surface area contributed by atoms with Crippen molar-refractivity contribution in [3.63, 3.8) is 0 Å². The number of H-pyrrole nitrogens is 1. The second kappa shape index (κ2) is 11.8. The highest BCUT2D eigenvalue weighted by molar-refractivity contribution is 5.40. The smallest absolute Gasteiger partial charge is 0.0832 e. The van der Waals surface area contributed by atoms with E-state index in [9.17, 15) is 15.3 Å². The molecule has 4 fully saturated rings. The molecule has 4 heteroatoms. The van der Waals surface area contributed by atoms with Gasteiger partial charge in [0, 0.05) is 23.7 Å². The van der Waals surface area contributed by atoms with E-state index in [1.54, 1.807) is 0 Å². The Kier molecular flexibility index (Phi) is 8.72. The first kappa shape index (κ1) is 29.6. The molecule has 5 rings (SSSR count). The molecule has 220 valence electrons. The summed E-state index contributed by atoms with van der Waals surface area (Å²) in [6.07, 6.45) is 20.8. The normalized spacial score (nSPS) is 36.2. The highest BCUT2D eigenvalue weighted by atomic mass is 16.3. The SMILES string of the molecule is C=C1C(=CC=C2CCC[C@]3(C)[C@@H]([C@H](C)C=C[C@H](O)C4(c5[nH]ccc5C(C)CCC)CC4)CC[C@@H]23)C[C@@H](O)C[C@@H]1O. The Balaban J connectivity index is 1.28. The van der Waals surface area contributed by atoms with Crippen molar-refractivity contribution >= 4 is 0 Å². The summed E-state index contributed by atoms with van der Waals surface area (Å²) in [7, 11) is 0. The molecular weight excluding hydrogens is 494 g/mol. The quantitative estimate of drug-likeness (QED) is 0.240. The number of aliphatic hydroxyl groups excluding tert-OH is 3. The van der Waals surface area contributed by atoms with E-state index in [0.717, 1.165) is 30.4 Å². The van der Waals surface area contributed by atoms with E-state index >= 15 is 0 Å². The number of nitrogens with one attached hydrogen (secondary N) is 1. The lowest BCUT2D eigenvalue weighted by atomic mass is 9.61. The molecule has 0 saturated heterocycles. The van der Waals surface area contributed by atoms with Crippen LogP contribution in [0.2, 0.25) is 0 Å². The summed E-state index contributed by atoms with van der Waals surface area (Å²) in [5.41, 5.74) is 6.07. The van der Waals surface area contributed by atoms with Crippen LogP contribution >= 0.6 is 0 Å². The molecule has 0 amide bonds. The molecule has 0 aromatic carbocycles. The maximum absolute atomic E-state index is 11.5. The third-order valence-electron chi connectivity index (χ3n) is 11.4. The molecule has 8 atom stereocenters. The number of hydrogen-bond donors (Lipinski definition) is 4. The zero-order valence-electron chi connectivity index (χ0n) is 25.3. The van der Waals surface area contributed by atoms with Gasteiger partial charge in [0.25, 0.3) is 0 Å². The third kappa shape index (κ3) is 5.49. The molecule has 1 aromatic heterocycles. The molecule has 4 saturated carbocycles. The fraction of sp³-hybridized carbons (Fsp3) is 0.667. The van der Waals surface area contributed by atoms with Crippen molar-refractivity contribution in [1.82, 2.24) is 4.98 Å². The number of aromatic nitrogens is 1. The first-order valence-electron chi connectivity index (χ1n) is 16.1. The van der Waals surface area contributed by atoms with Crippen molar-refractivity contribution in [2.24, 2.45) is 23.2 Å². The molecule has 4 nitrogen and oxygen atoms in total. The summed E-state index contributed by atoms with van der Waals surface area (Å²) in [6.45, 7) is 13.5. The van der Waals surface area contributed by atoms with Crippen LogP contribution in [0.4, 0.5) is 0 Å². The largest absolute Gasteiger partial charge is 0.393 e. The Morgan fingerprint density at radius 2 is 1.90 bits per heavy atom. The van der Waals surface area contributed by atoms with Gasteiger partial charge in [-0.15, -0.1) is 0 Å². The fourth-order valence-electron chi connectivity index (χ4n) is 8.85. The van der Waals surface area contributed by atoms with E-state index in [4.69, 9.17) is 0 Å². The molecule has 1 aromatic rings. The summed E-state index contributed by atoms with van der Waals surface area (Å²) in [6, 6.07) is 2.23. The van der Waals surface area contributed by atoms with Crippen LogP contribution in [0.15, 0.2) is 59.9 Å². The number of allylic oxidation sites excluding steroid dienone is 4. The molecule has 0 spiro atoms. The third-order valence-corrected chi connectivity index (χ3v) is 11.4. The number of hydrogen-bond acceptors (Lipinski definition) is 3. The molecule has 0 aliphatic heterocycles. The monoisotopic (exact) mass is 547 g/mol. The second-order valence-electron chi connectivity index (χ2n) is 14.0. The van der Waals surface area contributed by atoms with Gasteiger partial charge in [-0.3, -0.25) is 0 Å². The lowest BCUT2D eigenvalue weighted by Gasteiger charge is -2.44. The molecule has 4 N–H and O–H groups in total. The summed E-state index contributed by atoms with van der Waals surface area (Å²) < 4.78 is 0. The van der Waals surface area contributed by atoms with Crippen LogP contribution in [0, 0.1) is 23.2 Å². The van der Waals surface area contributed by atoms with Crippen LogP contribution in [0.1, 0.15) is 115 Å². The Morgan fingerprint density at radius 1 is 1.12 bits per heavy atom. The lowest BCUT2D eigenvalue weighted by Crippen LogP contribution is -2.35. The highest BCUT2D eigenvalue weighted by Gasteiger charge is 2.53. The Morgan fingerprint density at radius 3 is 2.62 bits per heavy atom. The lowest BCUT2D eigenvalue weighted by molar-refractivity contribution is 0.0862. The minimum absolute atomic E-state index is 0.141. The maximum atomic E-state index is 11.5. The van der Waals surface area contributed by atoms with Crippen LogP contribution in [0.25, 0.3) is 0 Å². The minimum Gasteiger partial charge on any atom is -0.393 e. The van der Waals surface area contributed by atoms with Crippen molar-refractivity contribution in [1.29, 1.82) is 0 Å².